The van der Waals surface area contributed by atoms with Crippen molar-refractivity contribution in [2.24, 2.45) is 0 Å². The third-order valence-corrected chi connectivity index (χ3v) is 11.6. The van der Waals surface area contributed by atoms with Crippen molar-refractivity contribution in [1.82, 2.24) is 15.0 Å². The number of rotatable bonds is 5. The number of fused-ring (bicyclic) bond motifs is 7. The van der Waals surface area contributed by atoms with Crippen molar-refractivity contribution >= 4 is 32.7 Å². The van der Waals surface area contributed by atoms with Crippen molar-refractivity contribution in [2.45, 2.75) is 19.3 Å². The van der Waals surface area contributed by atoms with Crippen LogP contribution in [0.5, 0.6) is 0 Å². The summed E-state index contributed by atoms with van der Waals surface area (Å²) in [6.07, 6.45) is 0. The predicted octanol–water partition coefficient (Wildman–Crippen LogP) is 13.6. The summed E-state index contributed by atoms with van der Waals surface area (Å²) >= 11 is 0. The summed E-state index contributed by atoms with van der Waals surface area (Å²) in [5.74, 6) is 1.91. The summed E-state index contributed by atoms with van der Waals surface area (Å²) in [5, 5.41) is 4.40. The fourth-order valence-corrected chi connectivity index (χ4v) is 8.76. The Kier molecular flexibility index (Phi) is 7.17. The highest BCUT2D eigenvalue weighted by atomic mass is 16.3. The van der Waals surface area contributed by atoms with E-state index >= 15 is 0 Å². The molecular weight excluding hydrogens is 683 g/mol. The number of hydrogen-bond acceptors (Lipinski definition) is 4. The van der Waals surface area contributed by atoms with Crippen LogP contribution in [-0.4, -0.2) is 15.0 Å². The summed E-state index contributed by atoms with van der Waals surface area (Å²) in [4.78, 5) is 15.2. The molecule has 2 heterocycles. The summed E-state index contributed by atoms with van der Waals surface area (Å²) in [6.45, 7) is 4.68. The first-order valence-corrected chi connectivity index (χ1v) is 19.1. The lowest BCUT2D eigenvalue weighted by atomic mass is 9.81. The van der Waals surface area contributed by atoms with Crippen LogP contribution in [0, 0.1) is 0 Å². The van der Waals surface area contributed by atoms with E-state index in [2.05, 4.69) is 123 Å². The maximum atomic E-state index is 6.54. The number of hydrogen-bond donors (Lipinski definition) is 0. The number of aromatic nitrogens is 3. The first-order valence-electron chi connectivity index (χ1n) is 19.1. The van der Waals surface area contributed by atoms with Crippen LogP contribution < -0.4 is 0 Å². The number of benzene rings is 8. The van der Waals surface area contributed by atoms with Crippen LogP contribution in [0.3, 0.4) is 0 Å². The lowest BCUT2D eigenvalue weighted by molar-refractivity contribution is 0.660. The molecule has 10 aromatic rings. The molecule has 4 heteroatoms. The quantitative estimate of drug-likeness (QED) is 0.178. The fraction of sp³-hybridized carbons (Fsp3) is 0.0577. The van der Waals surface area contributed by atoms with Gasteiger partial charge in [0, 0.05) is 32.9 Å². The number of nitrogens with zero attached hydrogens (tertiary/aromatic N) is 3. The van der Waals surface area contributed by atoms with Crippen LogP contribution in [-0.2, 0) is 5.41 Å². The summed E-state index contributed by atoms with van der Waals surface area (Å²) < 4.78 is 6.54. The zero-order chi connectivity index (χ0) is 37.4. The van der Waals surface area contributed by atoms with Gasteiger partial charge in [0.2, 0.25) is 0 Å². The highest BCUT2D eigenvalue weighted by Crippen LogP contribution is 2.51. The van der Waals surface area contributed by atoms with Crippen LogP contribution in [0.25, 0.3) is 100 Å². The van der Waals surface area contributed by atoms with Crippen molar-refractivity contribution in [3.8, 4) is 67.5 Å². The molecule has 0 radical (unpaired) electrons. The first-order chi connectivity index (χ1) is 27.5. The van der Waals surface area contributed by atoms with Crippen LogP contribution in [0.15, 0.2) is 180 Å². The van der Waals surface area contributed by atoms with Crippen LogP contribution >= 0.6 is 0 Å². The van der Waals surface area contributed by atoms with Gasteiger partial charge in [0.05, 0.1) is 0 Å². The predicted molar refractivity (Wildman–Crippen MR) is 229 cm³/mol. The average molecular weight is 718 g/mol. The smallest absolute Gasteiger partial charge is 0.164 e. The van der Waals surface area contributed by atoms with Gasteiger partial charge in [-0.1, -0.05) is 159 Å². The zero-order valence-electron chi connectivity index (χ0n) is 31.0. The molecule has 8 aromatic carbocycles. The molecule has 4 nitrogen and oxygen atoms in total. The minimum absolute atomic E-state index is 0.120. The zero-order valence-corrected chi connectivity index (χ0v) is 31.0. The minimum atomic E-state index is -0.120. The Hall–Kier alpha value is -7.17. The lowest BCUT2D eigenvalue weighted by Crippen LogP contribution is -2.14. The van der Waals surface area contributed by atoms with Crippen molar-refractivity contribution in [3.63, 3.8) is 0 Å². The van der Waals surface area contributed by atoms with E-state index in [1.165, 1.54) is 27.8 Å². The van der Waals surface area contributed by atoms with Gasteiger partial charge in [-0.3, -0.25) is 0 Å². The molecule has 264 valence electrons. The summed E-state index contributed by atoms with van der Waals surface area (Å²) in [7, 11) is 0. The van der Waals surface area contributed by atoms with Crippen molar-refractivity contribution < 1.29 is 4.42 Å². The van der Waals surface area contributed by atoms with Gasteiger partial charge in [-0.15, -0.1) is 0 Å². The molecule has 0 unspecified atom stereocenters. The van der Waals surface area contributed by atoms with Crippen LogP contribution in [0.1, 0.15) is 25.0 Å². The molecule has 0 saturated carbocycles. The van der Waals surface area contributed by atoms with Gasteiger partial charge in [-0.2, -0.15) is 0 Å². The molecular formula is C52H35N3O. The second-order valence-electron chi connectivity index (χ2n) is 15.2. The Morgan fingerprint density at radius 2 is 0.893 bits per heavy atom. The molecule has 0 bridgehead atoms. The van der Waals surface area contributed by atoms with E-state index in [-0.39, 0.29) is 5.41 Å². The van der Waals surface area contributed by atoms with Crippen molar-refractivity contribution in [1.29, 1.82) is 0 Å². The Bertz CT molecular complexity index is 3100. The monoisotopic (exact) mass is 717 g/mol. The average Bonchev–Trinajstić information content (AvgIpc) is 3.74. The largest absolute Gasteiger partial charge is 0.456 e. The van der Waals surface area contributed by atoms with E-state index in [0.717, 1.165) is 66.1 Å². The third kappa shape index (κ3) is 5.03. The second kappa shape index (κ2) is 12.4. The topological polar surface area (TPSA) is 51.8 Å². The van der Waals surface area contributed by atoms with Crippen LogP contribution in [0.2, 0.25) is 0 Å². The van der Waals surface area contributed by atoms with Gasteiger partial charge in [0.15, 0.2) is 17.5 Å². The Balaban J connectivity index is 1.14. The molecule has 0 saturated heterocycles. The molecule has 0 fully saturated rings. The standard InChI is InChI=1S/C52H35N3O/c1-52(2)45-23-13-11-21-38(45)39-26-25-34(29-46(39)52)42-30-44-40-22-12-14-24-47(40)56-48(44)31-43(42)37-27-28-41(36-20-10-9-19-35(36)37)51-54-49(32-15-5-3-6-16-32)53-50(55-51)33-17-7-4-8-18-33/h3-31H,1-2H3. The van der Waals surface area contributed by atoms with Gasteiger partial charge in [0.25, 0.3) is 0 Å². The Morgan fingerprint density at radius 3 is 1.62 bits per heavy atom. The first kappa shape index (κ1) is 32.3. The lowest BCUT2D eigenvalue weighted by Gasteiger charge is -2.22. The van der Waals surface area contributed by atoms with Gasteiger partial charge < -0.3 is 4.42 Å². The van der Waals surface area contributed by atoms with E-state index in [1.54, 1.807) is 0 Å². The molecule has 1 aliphatic rings. The van der Waals surface area contributed by atoms with E-state index in [9.17, 15) is 0 Å². The molecule has 0 atom stereocenters. The second-order valence-corrected chi connectivity index (χ2v) is 15.2. The van der Waals surface area contributed by atoms with Crippen LogP contribution in [0.4, 0.5) is 0 Å². The van der Waals surface area contributed by atoms with Crippen molar-refractivity contribution in [2.75, 3.05) is 0 Å². The van der Waals surface area contributed by atoms with Gasteiger partial charge in [0.1, 0.15) is 11.2 Å². The van der Waals surface area contributed by atoms with E-state index < -0.39 is 0 Å². The van der Waals surface area contributed by atoms with E-state index in [1.807, 2.05) is 66.7 Å². The van der Waals surface area contributed by atoms with Gasteiger partial charge >= 0.3 is 0 Å². The van der Waals surface area contributed by atoms with Gasteiger partial charge in [-0.05, 0) is 85.6 Å². The maximum Gasteiger partial charge on any atom is 0.164 e. The summed E-state index contributed by atoms with van der Waals surface area (Å²) in [6, 6.07) is 62.0. The molecule has 0 N–H and O–H groups in total. The van der Waals surface area contributed by atoms with Gasteiger partial charge in [-0.25, -0.2) is 15.0 Å². The highest BCUT2D eigenvalue weighted by molar-refractivity contribution is 6.12. The number of furan rings is 1. The molecule has 2 aromatic heterocycles. The molecule has 56 heavy (non-hydrogen) atoms. The number of para-hydroxylation sites is 1. The molecule has 11 rings (SSSR count). The molecule has 0 spiro atoms. The molecule has 1 aliphatic carbocycles. The minimum Gasteiger partial charge on any atom is -0.456 e. The SMILES string of the molecule is CC1(C)c2ccccc2-c2ccc(-c3cc4c(cc3-c3ccc(-c5nc(-c6ccccc6)nc(-c6ccccc6)n5)c5ccccc35)oc3ccccc34)cc21. The van der Waals surface area contributed by atoms with Crippen molar-refractivity contribution in [3.05, 3.63) is 187 Å². The normalized spacial score (nSPS) is 13.0. The Labute approximate surface area is 324 Å². The fourth-order valence-electron chi connectivity index (χ4n) is 8.76. The van der Waals surface area contributed by atoms with E-state index in [4.69, 9.17) is 19.4 Å². The Morgan fingerprint density at radius 1 is 0.339 bits per heavy atom. The molecule has 0 aliphatic heterocycles. The third-order valence-electron chi connectivity index (χ3n) is 11.6. The maximum absolute atomic E-state index is 6.54. The summed E-state index contributed by atoms with van der Waals surface area (Å²) in [5.41, 5.74) is 14.4. The highest BCUT2D eigenvalue weighted by Gasteiger charge is 2.35. The van der Waals surface area contributed by atoms with E-state index in [0.29, 0.717) is 17.5 Å². The molecule has 0 amide bonds.